The van der Waals surface area contributed by atoms with Crippen LogP contribution in [0.15, 0.2) is 3.42 Å². The van der Waals surface area contributed by atoms with Gasteiger partial charge in [0.15, 0.2) is 0 Å². The van der Waals surface area contributed by atoms with Crippen molar-refractivity contribution < 1.29 is 15.6 Å². The zero-order valence-corrected chi connectivity index (χ0v) is 8.28. The van der Waals surface area contributed by atoms with E-state index < -0.39 is 15.6 Å². The Hall–Kier alpha value is 1.09. The molecule has 0 rings (SSSR count). The Kier molecular flexibility index (Phi) is 3.76. The van der Waals surface area contributed by atoms with Gasteiger partial charge in [0.05, 0.1) is 0 Å². The maximum atomic E-state index is 5.53. The van der Waals surface area contributed by atoms with Gasteiger partial charge in [0.25, 0.3) is 0 Å². The van der Waals surface area contributed by atoms with Gasteiger partial charge in [-0.2, -0.15) is 0 Å². The molecule has 0 N–H and O–H groups in total. The van der Waals surface area contributed by atoms with Crippen molar-refractivity contribution in [1.29, 1.82) is 0 Å². The molecule has 48 valence electrons. The van der Waals surface area contributed by atoms with Gasteiger partial charge in [-0.05, 0) is 0 Å². The molecular formula is C4H9Cl2NTi. The summed E-state index contributed by atoms with van der Waals surface area (Å²) in [6.45, 7) is 5.97. The van der Waals surface area contributed by atoms with E-state index in [1.54, 1.807) is 0 Å². The van der Waals surface area contributed by atoms with Crippen LogP contribution in [0, 0.1) is 0 Å². The molecule has 0 aliphatic carbocycles. The van der Waals surface area contributed by atoms with Crippen LogP contribution in [0.5, 0.6) is 0 Å². The standard InChI is InChI=1S/C4H9N.2ClH.Ti/c1-4(2,3)5;;;/h1-3H3;2*1H;/q;;;+2/p-2. The summed E-state index contributed by atoms with van der Waals surface area (Å²) in [5.74, 6) is 0. The van der Waals surface area contributed by atoms with E-state index in [0.29, 0.717) is 0 Å². The molecular weight excluding hydrogens is 181 g/mol. The number of hydrogen-bond donors (Lipinski definition) is 0. The normalized spacial score (nSPS) is 11.1. The predicted octanol–water partition coefficient (Wildman–Crippen LogP) is 2.89. The van der Waals surface area contributed by atoms with E-state index in [-0.39, 0.29) is 5.54 Å². The van der Waals surface area contributed by atoms with Crippen molar-refractivity contribution in [3.63, 3.8) is 0 Å². The zero-order valence-electron chi connectivity index (χ0n) is 5.20. The van der Waals surface area contributed by atoms with E-state index in [4.69, 9.17) is 18.6 Å². The third kappa shape index (κ3) is 7.09. The van der Waals surface area contributed by atoms with Crippen molar-refractivity contribution in [2.45, 2.75) is 26.3 Å². The van der Waals surface area contributed by atoms with E-state index in [1.807, 2.05) is 20.8 Å². The van der Waals surface area contributed by atoms with Gasteiger partial charge in [0.1, 0.15) is 0 Å². The van der Waals surface area contributed by atoms with Gasteiger partial charge in [-0.25, -0.2) is 0 Å². The summed E-state index contributed by atoms with van der Waals surface area (Å²) >= 11 is -1.95. The first-order valence-corrected chi connectivity index (χ1v) is 7.32. The van der Waals surface area contributed by atoms with Crippen molar-refractivity contribution in [2.75, 3.05) is 0 Å². The molecule has 0 aliphatic heterocycles. The Morgan fingerprint density at radius 2 is 1.62 bits per heavy atom. The Balaban J connectivity index is 3.89. The molecule has 0 radical (unpaired) electrons. The van der Waals surface area contributed by atoms with Crippen LogP contribution in [0.3, 0.4) is 0 Å². The average Bonchev–Trinajstić information content (AvgIpc) is 1.21. The third-order valence-electron chi connectivity index (χ3n) is 0.420. The molecule has 0 atom stereocenters. The summed E-state index contributed by atoms with van der Waals surface area (Å²) in [4.78, 5) is 0. The summed E-state index contributed by atoms with van der Waals surface area (Å²) in [7, 11) is 11.1. The Labute approximate surface area is 63.8 Å². The van der Waals surface area contributed by atoms with Crippen molar-refractivity contribution in [3.05, 3.63) is 0 Å². The van der Waals surface area contributed by atoms with Crippen LogP contribution in [0.1, 0.15) is 20.8 Å². The van der Waals surface area contributed by atoms with Gasteiger partial charge in [0.2, 0.25) is 0 Å². The van der Waals surface area contributed by atoms with Gasteiger partial charge >= 0.3 is 63.9 Å². The van der Waals surface area contributed by atoms with E-state index in [1.165, 1.54) is 0 Å². The molecule has 0 fully saturated rings. The maximum absolute atomic E-state index is 5.53. The minimum absolute atomic E-state index is 0.0428. The molecule has 1 nitrogen and oxygen atoms in total. The SMILES string of the molecule is CC(C)(C)[N]=[Ti]([Cl])[Cl]. The van der Waals surface area contributed by atoms with Gasteiger partial charge in [-0.1, -0.05) is 0 Å². The third-order valence-corrected chi connectivity index (χ3v) is 2.43. The quantitative estimate of drug-likeness (QED) is 0.520. The van der Waals surface area contributed by atoms with Crippen molar-refractivity contribution in [3.8, 4) is 0 Å². The molecule has 0 bridgehead atoms. The van der Waals surface area contributed by atoms with E-state index in [9.17, 15) is 0 Å². The Bertz CT molecular complexity index is 101. The number of halogens is 2. The summed E-state index contributed by atoms with van der Waals surface area (Å²) in [6, 6.07) is 0. The van der Waals surface area contributed by atoms with Crippen LogP contribution in [-0.4, -0.2) is 5.54 Å². The predicted molar refractivity (Wildman–Crippen MR) is 33.9 cm³/mol. The summed E-state index contributed by atoms with van der Waals surface area (Å²) in [5.41, 5.74) is -0.0428. The first kappa shape index (κ1) is 9.09. The number of nitrogens with zero attached hydrogens (tertiary/aromatic N) is 1. The van der Waals surface area contributed by atoms with Crippen LogP contribution in [-0.2, 0) is 15.6 Å². The molecule has 0 spiro atoms. The van der Waals surface area contributed by atoms with Crippen LogP contribution in [0.4, 0.5) is 0 Å². The molecule has 4 heteroatoms. The fourth-order valence-corrected chi connectivity index (χ4v) is 3.14. The van der Waals surface area contributed by atoms with Crippen LogP contribution < -0.4 is 0 Å². The first-order chi connectivity index (χ1) is 3.42. The number of rotatable bonds is 0. The van der Waals surface area contributed by atoms with Crippen LogP contribution in [0.2, 0.25) is 0 Å². The molecule has 8 heavy (non-hydrogen) atoms. The summed E-state index contributed by atoms with van der Waals surface area (Å²) < 4.78 is 4.11. The van der Waals surface area contributed by atoms with Gasteiger partial charge in [-0.15, -0.1) is 0 Å². The minimum atomic E-state index is -1.95. The molecule has 0 unspecified atom stereocenters. The second-order valence-corrected chi connectivity index (χ2v) is 7.37. The molecule has 0 aromatic heterocycles. The second kappa shape index (κ2) is 3.31. The zero-order chi connectivity index (χ0) is 6.78. The van der Waals surface area contributed by atoms with E-state index in [0.717, 1.165) is 0 Å². The van der Waals surface area contributed by atoms with Crippen molar-refractivity contribution >= 4 is 18.6 Å². The van der Waals surface area contributed by atoms with Crippen LogP contribution >= 0.6 is 18.6 Å². The fraction of sp³-hybridized carbons (Fsp3) is 1.00. The first-order valence-electron chi connectivity index (χ1n) is 2.33. The van der Waals surface area contributed by atoms with Gasteiger partial charge in [0, 0.05) is 0 Å². The molecule has 0 saturated carbocycles. The van der Waals surface area contributed by atoms with E-state index in [2.05, 4.69) is 3.42 Å². The molecule has 0 amide bonds. The molecule has 0 aromatic rings. The van der Waals surface area contributed by atoms with E-state index >= 15 is 0 Å². The topological polar surface area (TPSA) is 12.4 Å². The molecule has 0 aliphatic rings. The average molecular weight is 190 g/mol. The van der Waals surface area contributed by atoms with Gasteiger partial charge < -0.3 is 0 Å². The Morgan fingerprint density at radius 3 is 1.62 bits per heavy atom. The second-order valence-electron chi connectivity index (χ2n) is 2.52. The molecule has 0 aromatic carbocycles. The van der Waals surface area contributed by atoms with Gasteiger partial charge in [-0.3, -0.25) is 0 Å². The van der Waals surface area contributed by atoms with Crippen molar-refractivity contribution in [1.82, 2.24) is 0 Å². The monoisotopic (exact) mass is 189 g/mol. The Morgan fingerprint density at radius 1 is 1.25 bits per heavy atom. The fourth-order valence-electron chi connectivity index (χ4n) is 0.254. The number of hydrogen-bond acceptors (Lipinski definition) is 1. The molecule has 0 saturated heterocycles. The summed E-state index contributed by atoms with van der Waals surface area (Å²) in [6.07, 6.45) is 0. The summed E-state index contributed by atoms with van der Waals surface area (Å²) in [5, 5.41) is 0. The molecule has 0 heterocycles. The van der Waals surface area contributed by atoms with Crippen LogP contribution in [0.25, 0.3) is 0 Å². The van der Waals surface area contributed by atoms with Crippen molar-refractivity contribution in [2.24, 2.45) is 3.42 Å².